The van der Waals surface area contributed by atoms with Crippen molar-refractivity contribution in [3.05, 3.63) is 51.5 Å². The summed E-state index contributed by atoms with van der Waals surface area (Å²) in [7, 11) is -4.13. The van der Waals surface area contributed by atoms with Gasteiger partial charge >= 0.3 is 10.1 Å². The Balaban J connectivity index is 2.43. The molecule has 20 heavy (non-hydrogen) atoms. The second kappa shape index (κ2) is 5.69. The predicted octanol–water partition coefficient (Wildman–Crippen LogP) is 4.00. The Morgan fingerprint density at radius 1 is 1.00 bits per heavy atom. The average Bonchev–Trinajstić information content (AvgIpc) is 2.33. The smallest absolute Gasteiger partial charge is 0.340 e. The molecule has 0 unspecified atom stereocenters. The van der Waals surface area contributed by atoms with Gasteiger partial charge in [-0.3, -0.25) is 0 Å². The van der Waals surface area contributed by atoms with Gasteiger partial charge in [0, 0.05) is 11.1 Å². The third-order valence-electron chi connectivity index (χ3n) is 2.32. The second-order valence-electron chi connectivity index (χ2n) is 3.80. The van der Waals surface area contributed by atoms with E-state index in [-0.39, 0.29) is 26.4 Å². The molecule has 2 rings (SSSR count). The van der Waals surface area contributed by atoms with Crippen LogP contribution in [0.25, 0.3) is 0 Å². The lowest BCUT2D eigenvalue weighted by Gasteiger charge is -2.10. The Bertz CT molecular complexity index is 763. The molecule has 0 aromatic heterocycles. The van der Waals surface area contributed by atoms with Gasteiger partial charge in [0.25, 0.3) is 0 Å². The molecule has 0 saturated heterocycles. The fraction of sp³-hybridized carbons (Fsp3) is 0. The number of nitrogens with two attached hydrogens (primary N) is 1. The van der Waals surface area contributed by atoms with Crippen LogP contribution < -0.4 is 9.92 Å². The number of halogens is 3. The first-order valence-electron chi connectivity index (χ1n) is 5.24. The van der Waals surface area contributed by atoms with Crippen molar-refractivity contribution in [1.29, 1.82) is 0 Å². The zero-order valence-electron chi connectivity index (χ0n) is 9.81. The number of nitrogen functional groups attached to an aromatic ring is 1. The van der Waals surface area contributed by atoms with Crippen molar-refractivity contribution in [2.75, 3.05) is 5.73 Å². The van der Waals surface area contributed by atoms with Gasteiger partial charge in [-0.05, 0) is 24.3 Å². The van der Waals surface area contributed by atoms with Gasteiger partial charge in [-0.2, -0.15) is 8.42 Å². The molecule has 0 bridgehead atoms. The van der Waals surface area contributed by atoms with Crippen LogP contribution in [0.3, 0.4) is 0 Å². The molecule has 2 aromatic rings. The highest BCUT2D eigenvalue weighted by atomic mass is 35.5. The normalized spacial score (nSPS) is 11.3. The highest BCUT2D eigenvalue weighted by Crippen LogP contribution is 2.32. The molecule has 0 radical (unpaired) electrons. The van der Waals surface area contributed by atoms with Crippen LogP contribution in [-0.2, 0) is 10.1 Å². The van der Waals surface area contributed by atoms with E-state index in [2.05, 4.69) is 0 Å². The van der Waals surface area contributed by atoms with Crippen LogP contribution in [0, 0.1) is 0 Å². The Morgan fingerprint density at radius 2 is 1.70 bits per heavy atom. The Hall–Kier alpha value is -1.14. The van der Waals surface area contributed by atoms with Crippen molar-refractivity contribution in [3.8, 4) is 5.75 Å². The summed E-state index contributed by atoms with van der Waals surface area (Å²) in [4.78, 5) is -0.265. The molecule has 2 aromatic carbocycles. The van der Waals surface area contributed by atoms with Crippen LogP contribution in [0.2, 0.25) is 15.1 Å². The van der Waals surface area contributed by atoms with Gasteiger partial charge in [0.2, 0.25) is 0 Å². The van der Waals surface area contributed by atoms with E-state index in [1.54, 1.807) is 12.1 Å². The lowest BCUT2D eigenvalue weighted by atomic mass is 10.3. The Labute approximate surface area is 131 Å². The van der Waals surface area contributed by atoms with E-state index in [0.29, 0.717) is 5.02 Å². The van der Waals surface area contributed by atoms with E-state index in [9.17, 15) is 8.42 Å². The Morgan fingerprint density at radius 3 is 2.35 bits per heavy atom. The maximum Gasteiger partial charge on any atom is 0.340 e. The first-order valence-corrected chi connectivity index (χ1v) is 7.78. The van der Waals surface area contributed by atoms with Crippen LogP contribution in [-0.4, -0.2) is 8.42 Å². The minimum atomic E-state index is -4.13. The second-order valence-corrected chi connectivity index (χ2v) is 6.56. The van der Waals surface area contributed by atoms with Crippen molar-refractivity contribution in [2.24, 2.45) is 0 Å². The third kappa shape index (κ3) is 3.30. The largest absolute Gasteiger partial charge is 0.397 e. The highest BCUT2D eigenvalue weighted by Gasteiger charge is 2.22. The molecule has 0 aliphatic rings. The molecular formula is C12H8Cl3NO3S. The van der Waals surface area contributed by atoms with E-state index in [1.807, 2.05) is 0 Å². The van der Waals surface area contributed by atoms with E-state index in [1.165, 1.54) is 18.2 Å². The van der Waals surface area contributed by atoms with Crippen LogP contribution in [0.1, 0.15) is 0 Å². The maximum absolute atomic E-state index is 12.1. The van der Waals surface area contributed by atoms with Crippen molar-refractivity contribution >= 4 is 50.6 Å². The van der Waals surface area contributed by atoms with Crippen molar-refractivity contribution < 1.29 is 12.6 Å². The molecule has 106 valence electrons. The molecule has 0 amide bonds. The molecule has 0 heterocycles. The molecule has 0 saturated carbocycles. The molecule has 2 N–H and O–H groups in total. The number of hydrogen-bond acceptors (Lipinski definition) is 4. The molecule has 0 spiro atoms. The van der Waals surface area contributed by atoms with Crippen molar-refractivity contribution in [2.45, 2.75) is 4.90 Å². The third-order valence-corrected chi connectivity index (χ3v) is 4.60. The lowest BCUT2D eigenvalue weighted by molar-refractivity contribution is 0.486. The molecule has 0 fully saturated rings. The molecule has 8 heteroatoms. The fourth-order valence-corrected chi connectivity index (χ4v) is 3.30. The molecule has 0 aliphatic carbocycles. The molecule has 0 aliphatic heterocycles. The summed E-state index contributed by atoms with van der Waals surface area (Å²) < 4.78 is 29.2. The summed E-state index contributed by atoms with van der Waals surface area (Å²) >= 11 is 17.4. The average molecular weight is 353 g/mol. The van der Waals surface area contributed by atoms with Gasteiger partial charge in [0.05, 0.1) is 15.7 Å². The van der Waals surface area contributed by atoms with Crippen LogP contribution >= 0.6 is 34.8 Å². The van der Waals surface area contributed by atoms with E-state index in [4.69, 9.17) is 44.7 Å². The van der Waals surface area contributed by atoms with Gasteiger partial charge in [-0.15, -0.1) is 0 Å². The number of anilines is 1. The molecular weight excluding hydrogens is 345 g/mol. The van der Waals surface area contributed by atoms with Crippen molar-refractivity contribution in [1.82, 2.24) is 0 Å². The summed E-state index contributed by atoms with van der Waals surface area (Å²) in [6.07, 6.45) is 0. The standard InChI is InChI=1S/C12H8Cl3NO3S/c13-7-2-1-3-8(4-7)19-20(17,18)12-6-9(14)11(16)5-10(12)15/h1-6H,16H2. The maximum atomic E-state index is 12.1. The quantitative estimate of drug-likeness (QED) is 0.669. The first-order chi connectivity index (χ1) is 9.29. The summed E-state index contributed by atoms with van der Waals surface area (Å²) in [5.74, 6) is 0.0708. The van der Waals surface area contributed by atoms with Crippen LogP contribution in [0.15, 0.2) is 41.3 Å². The SMILES string of the molecule is Nc1cc(Cl)c(S(=O)(=O)Oc2cccc(Cl)c2)cc1Cl. The lowest BCUT2D eigenvalue weighted by Crippen LogP contribution is -2.10. The zero-order valence-corrected chi connectivity index (χ0v) is 12.9. The fourth-order valence-electron chi connectivity index (χ4n) is 1.43. The minimum absolute atomic E-state index is 0.0708. The van der Waals surface area contributed by atoms with Gasteiger partial charge in [-0.25, -0.2) is 0 Å². The number of hydrogen-bond donors (Lipinski definition) is 1. The summed E-state index contributed by atoms with van der Waals surface area (Å²) in [6.45, 7) is 0. The van der Waals surface area contributed by atoms with E-state index >= 15 is 0 Å². The zero-order chi connectivity index (χ0) is 14.9. The summed E-state index contributed by atoms with van der Waals surface area (Å²) in [5.41, 5.74) is 5.71. The van der Waals surface area contributed by atoms with Crippen LogP contribution in [0.4, 0.5) is 5.69 Å². The van der Waals surface area contributed by atoms with Gasteiger partial charge < -0.3 is 9.92 Å². The van der Waals surface area contributed by atoms with Crippen molar-refractivity contribution in [3.63, 3.8) is 0 Å². The molecule has 4 nitrogen and oxygen atoms in total. The highest BCUT2D eigenvalue weighted by molar-refractivity contribution is 7.87. The molecule has 0 atom stereocenters. The Kier molecular flexibility index (Phi) is 4.34. The number of benzene rings is 2. The first kappa shape index (κ1) is 15.3. The topological polar surface area (TPSA) is 69.4 Å². The predicted molar refractivity (Wildman–Crippen MR) is 80.1 cm³/mol. The van der Waals surface area contributed by atoms with Crippen LogP contribution in [0.5, 0.6) is 5.75 Å². The van der Waals surface area contributed by atoms with Gasteiger partial charge in [-0.1, -0.05) is 40.9 Å². The summed E-state index contributed by atoms with van der Waals surface area (Å²) in [5, 5.41) is 0.343. The van der Waals surface area contributed by atoms with E-state index in [0.717, 1.165) is 6.07 Å². The number of rotatable bonds is 3. The monoisotopic (exact) mass is 351 g/mol. The minimum Gasteiger partial charge on any atom is -0.397 e. The van der Waals surface area contributed by atoms with Gasteiger partial charge in [0.1, 0.15) is 10.6 Å². The van der Waals surface area contributed by atoms with Gasteiger partial charge in [0.15, 0.2) is 0 Å². The summed E-state index contributed by atoms with van der Waals surface area (Å²) in [6, 6.07) is 8.36. The van der Waals surface area contributed by atoms with E-state index < -0.39 is 10.1 Å².